The number of anilines is 1. The Labute approximate surface area is 221 Å². The Morgan fingerprint density at radius 2 is 1.66 bits per heavy atom. The van der Waals surface area contributed by atoms with Crippen LogP contribution in [0, 0.1) is 6.92 Å². The van der Waals surface area contributed by atoms with Gasteiger partial charge in [-0.25, -0.2) is 0 Å². The summed E-state index contributed by atoms with van der Waals surface area (Å²) in [6, 6.07) is 10.5. The number of imide groups is 2. The zero-order chi connectivity index (χ0) is 27.3. The first-order valence-corrected chi connectivity index (χ1v) is 14.1. The molecule has 38 heavy (non-hydrogen) atoms. The fourth-order valence-electron chi connectivity index (χ4n) is 4.58. The summed E-state index contributed by atoms with van der Waals surface area (Å²) in [6.45, 7) is 2.59. The highest BCUT2D eigenvalue weighted by molar-refractivity contribution is 7.86. The molecule has 4 rings (SSSR count). The fraction of sp³-hybridized carbons (Fsp3) is 0.407. The zero-order valence-electron chi connectivity index (χ0n) is 21.2. The second-order valence-electron chi connectivity index (χ2n) is 9.46. The van der Waals surface area contributed by atoms with Crippen molar-refractivity contribution in [2.24, 2.45) is 0 Å². The number of amides is 4. The molecule has 0 aliphatic carbocycles. The van der Waals surface area contributed by atoms with E-state index in [0.717, 1.165) is 36.1 Å². The van der Waals surface area contributed by atoms with Gasteiger partial charge in [0.1, 0.15) is 6.04 Å². The molecular formula is C27H31N3O7S. The first-order chi connectivity index (χ1) is 18.2. The third-order valence-corrected chi connectivity index (χ3v) is 7.98. The van der Waals surface area contributed by atoms with E-state index < -0.39 is 39.8 Å². The Bertz CT molecular complexity index is 1340. The zero-order valence-corrected chi connectivity index (χ0v) is 22.0. The molecule has 2 aliphatic heterocycles. The van der Waals surface area contributed by atoms with Crippen LogP contribution in [0.2, 0.25) is 0 Å². The van der Waals surface area contributed by atoms with Crippen molar-refractivity contribution in [3.63, 3.8) is 0 Å². The summed E-state index contributed by atoms with van der Waals surface area (Å²) in [4.78, 5) is 50.8. The Hall–Kier alpha value is -3.57. The molecule has 2 aromatic rings. The van der Waals surface area contributed by atoms with Crippen molar-refractivity contribution in [1.82, 2.24) is 10.2 Å². The third kappa shape index (κ3) is 6.11. The van der Waals surface area contributed by atoms with Crippen LogP contribution in [0.15, 0.2) is 47.4 Å². The Balaban J connectivity index is 1.19. The summed E-state index contributed by atoms with van der Waals surface area (Å²) in [5.41, 5.74) is 1.99. The normalized spacial score (nSPS) is 17.5. The molecular weight excluding hydrogens is 510 g/mol. The van der Waals surface area contributed by atoms with Gasteiger partial charge in [0, 0.05) is 18.7 Å². The highest BCUT2D eigenvalue weighted by atomic mass is 32.2. The smallest absolute Gasteiger partial charge is 0.296 e. The van der Waals surface area contributed by atoms with Crippen LogP contribution < -0.4 is 10.6 Å². The molecule has 0 bridgehead atoms. The summed E-state index contributed by atoms with van der Waals surface area (Å²) >= 11 is 0. The molecule has 0 aromatic heterocycles. The summed E-state index contributed by atoms with van der Waals surface area (Å²) < 4.78 is 29.5. The second-order valence-corrected chi connectivity index (χ2v) is 11.1. The number of hydrogen-bond donors (Lipinski definition) is 2. The van der Waals surface area contributed by atoms with E-state index in [1.807, 2.05) is 6.92 Å². The summed E-state index contributed by atoms with van der Waals surface area (Å²) in [5.74, 6) is -2.12. The molecule has 2 aromatic carbocycles. The van der Waals surface area contributed by atoms with Crippen molar-refractivity contribution in [1.29, 1.82) is 0 Å². The van der Waals surface area contributed by atoms with Gasteiger partial charge in [0.05, 0.1) is 22.6 Å². The van der Waals surface area contributed by atoms with Gasteiger partial charge in [-0.05, 0) is 50.5 Å². The Morgan fingerprint density at radius 1 is 0.947 bits per heavy atom. The van der Waals surface area contributed by atoms with Crippen LogP contribution in [-0.4, -0.2) is 56.1 Å². The first-order valence-electron chi connectivity index (χ1n) is 12.7. The molecule has 2 heterocycles. The molecule has 11 heteroatoms. The molecule has 10 nitrogen and oxygen atoms in total. The number of piperidine rings is 1. The topological polar surface area (TPSA) is 139 Å². The van der Waals surface area contributed by atoms with Crippen LogP contribution in [-0.2, 0) is 23.9 Å². The molecule has 2 aliphatic rings. The number of rotatable bonds is 12. The molecule has 202 valence electrons. The van der Waals surface area contributed by atoms with Gasteiger partial charge in [0.15, 0.2) is 0 Å². The molecule has 1 fully saturated rings. The number of nitrogens with one attached hydrogen (secondary N) is 2. The number of carbonyl (C=O) groups is 4. The van der Waals surface area contributed by atoms with Crippen molar-refractivity contribution >= 4 is 39.4 Å². The minimum Gasteiger partial charge on any atom is -0.384 e. The van der Waals surface area contributed by atoms with Gasteiger partial charge in [-0.2, -0.15) is 8.42 Å². The van der Waals surface area contributed by atoms with Gasteiger partial charge in [-0.3, -0.25) is 33.6 Å². The van der Waals surface area contributed by atoms with Crippen LogP contribution in [0.4, 0.5) is 5.69 Å². The van der Waals surface area contributed by atoms with E-state index in [4.69, 9.17) is 4.18 Å². The lowest BCUT2D eigenvalue weighted by Gasteiger charge is -2.27. The highest BCUT2D eigenvalue weighted by Gasteiger charge is 2.45. The lowest BCUT2D eigenvalue weighted by Crippen LogP contribution is -2.54. The van der Waals surface area contributed by atoms with Gasteiger partial charge in [0.25, 0.3) is 21.9 Å². The van der Waals surface area contributed by atoms with Crippen molar-refractivity contribution in [3.8, 4) is 0 Å². The van der Waals surface area contributed by atoms with E-state index in [-0.39, 0.29) is 35.5 Å². The highest BCUT2D eigenvalue weighted by Crippen LogP contribution is 2.32. The van der Waals surface area contributed by atoms with Gasteiger partial charge >= 0.3 is 0 Å². The van der Waals surface area contributed by atoms with Crippen LogP contribution >= 0.6 is 0 Å². The number of fused-ring (bicyclic) bond motifs is 1. The second kappa shape index (κ2) is 11.9. The Kier molecular flexibility index (Phi) is 8.58. The molecule has 0 spiro atoms. The quantitative estimate of drug-likeness (QED) is 0.237. The van der Waals surface area contributed by atoms with Crippen molar-refractivity contribution in [2.45, 2.75) is 62.8 Å². The van der Waals surface area contributed by atoms with Gasteiger partial charge in [0.2, 0.25) is 11.8 Å². The number of benzene rings is 2. The van der Waals surface area contributed by atoms with E-state index >= 15 is 0 Å². The molecule has 1 atom stereocenters. The summed E-state index contributed by atoms with van der Waals surface area (Å²) in [7, 11) is -3.74. The minimum atomic E-state index is -3.74. The average molecular weight is 542 g/mol. The summed E-state index contributed by atoms with van der Waals surface area (Å²) in [6.07, 6.45) is 4.22. The predicted molar refractivity (Wildman–Crippen MR) is 139 cm³/mol. The predicted octanol–water partition coefficient (Wildman–Crippen LogP) is 3.16. The number of aryl methyl sites for hydroxylation is 1. The average Bonchev–Trinajstić information content (AvgIpc) is 3.13. The number of unbranched alkanes of at least 4 members (excludes halogenated alkanes) is 4. The van der Waals surface area contributed by atoms with Crippen LogP contribution in [0.3, 0.4) is 0 Å². The fourth-order valence-corrected chi connectivity index (χ4v) is 5.53. The maximum atomic E-state index is 13.1. The maximum absolute atomic E-state index is 13.1. The molecule has 1 saturated heterocycles. The Morgan fingerprint density at radius 3 is 2.39 bits per heavy atom. The number of hydrogen-bond acceptors (Lipinski definition) is 8. The molecule has 0 radical (unpaired) electrons. The van der Waals surface area contributed by atoms with Gasteiger partial charge in [-0.15, -0.1) is 0 Å². The SMILES string of the molecule is Cc1ccc(S(=O)(=O)OCCCCCCCNc2cccc3c2C(=O)N(C2CCC(=O)NC2=O)C3=O)cc1. The summed E-state index contributed by atoms with van der Waals surface area (Å²) in [5, 5.41) is 5.42. The van der Waals surface area contributed by atoms with Crippen molar-refractivity contribution in [3.05, 3.63) is 59.2 Å². The molecule has 4 amide bonds. The van der Waals surface area contributed by atoms with Crippen molar-refractivity contribution in [2.75, 3.05) is 18.5 Å². The number of nitrogens with zero attached hydrogens (tertiary/aromatic N) is 1. The third-order valence-electron chi connectivity index (χ3n) is 6.65. The minimum absolute atomic E-state index is 0.0730. The number of carbonyl (C=O) groups excluding carboxylic acids is 4. The van der Waals surface area contributed by atoms with Gasteiger partial charge < -0.3 is 5.32 Å². The largest absolute Gasteiger partial charge is 0.384 e. The first kappa shape index (κ1) is 27.5. The monoisotopic (exact) mass is 541 g/mol. The van der Waals surface area contributed by atoms with E-state index in [1.54, 1.807) is 30.3 Å². The van der Waals surface area contributed by atoms with E-state index in [0.29, 0.717) is 18.7 Å². The molecule has 2 N–H and O–H groups in total. The van der Waals surface area contributed by atoms with Crippen LogP contribution in [0.25, 0.3) is 0 Å². The van der Waals surface area contributed by atoms with Crippen molar-refractivity contribution < 1.29 is 31.8 Å². The van der Waals surface area contributed by atoms with E-state index in [2.05, 4.69) is 10.6 Å². The lowest BCUT2D eigenvalue weighted by atomic mass is 10.0. The molecule has 0 saturated carbocycles. The van der Waals surface area contributed by atoms with Crippen LogP contribution in [0.1, 0.15) is 71.2 Å². The van der Waals surface area contributed by atoms with E-state index in [1.165, 1.54) is 12.1 Å². The lowest BCUT2D eigenvalue weighted by molar-refractivity contribution is -0.136. The standard InChI is InChI=1S/C27H31N3O7S/c1-18-10-12-19(13-11-18)38(35,36)37-17-6-4-2-3-5-16-28-21-9-7-8-20-24(21)27(34)30(26(20)33)22-14-15-23(31)29-25(22)32/h7-13,22,28H,2-6,14-17H2,1H3,(H,29,31,32). The van der Waals surface area contributed by atoms with Crippen LogP contribution in [0.5, 0.6) is 0 Å². The van der Waals surface area contributed by atoms with Gasteiger partial charge in [-0.1, -0.05) is 43.0 Å². The maximum Gasteiger partial charge on any atom is 0.296 e. The molecule has 1 unspecified atom stereocenters. The van der Waals surface area contributed by atoms with E-state index in [9.17, 15) is 27.6 Å².